The second-order valence-electron chi connectivity index (χ2n) is 5.24. The predicted octanol–water partition coefficient (Wildman–Crippen LogP) is 1.91. The maximum absolute atomic E-state index is 5.95. The third-order valence-electron chi connectivity index (χ3n) is 3.52. The van der Waals surface area contributed by atoms with Crippen molar-refractivity contribution in [3.8, 4) is 5.19 Å². The SMILES string of the molecule is CNCc1nnc(OC2CCN(Cc3ccccc3)C2)s1. The summed E-state index contributed by atoms with van der Waals surface area (Å²) < 4.78 is 5.95. The summed E-state index contributed by atoms with van der Waals surface area (Å²) in [6.07, 6.45) is 1.28. The highest BCUT2D eigenvalue weighted by molar-refractivity contribution is 7.13. The Morgan fingerprint density at radius 1 is 1.33 bits per heavy atom. The molecule has 1 unspecified atom stereocenters. The van der Waals surface area contributed by atoms with Crippen molar-refractivity contribution in [1.29, 1.82) is 0 Å². The van der Waals surface area contributed by atoms with Gasteiger partial charge in [-0.1, -0.05) is 46.8 Å². The molecular formula is C15H20N4OS. The van der Waals surface area contributed by atoms with Crippen LogP contribution in [0.2, 0.25) is 0 Å². The summed E-state index contributed by atoms with van der Waals surface area (Å²) in [4.78, 5) is 2.43. The van der Waals surface area contributed by atoms with Gasteiger partial charge in [-0.25, -0.2) is 0 Å². The first-order valence-electron chi connectivity index (χ1n) is 7.23. The molecule has 0 spiro atoms. The molecule has 0 aliphatic carbocycles. The normalized spacial score (nSPS) is 19.0. The summed E-state index contributed by atoms with van der Waals surface area (Å²) in [5.74, 6) is 0. The van der Waals surface area contributed by atoms with Crippen LogP contribution in [0.4, 0.5) is 0 Å². The van der Waals surface area contributed by atoms with Crippen molar-refractivity contribution >= 4 is 11.3 Å². The van der Waals surface area contributed by atoms with E-state index in [2.05, 4.69) is 50.7 Å². The smallest absolute Gasteiger partial charge is 0.294 e. The van der Waals surface area contributed by atoms with Gasteiger partial charge >= 0.3 is 0 Å². The zero-order valence-corrected chi connectivity index (χ0v) is 13.0. The van der Waals surface area contributed by atoms with E-state index >= 15 is 0 Å². The van der Waals surface area contributed by atoms with E-state index in [1.807, 2.05) is 7.05 Å². The molecular weight excluding hydrogens is 284 g/mol. The summed E-state index contributed by atoms with van der Waals surface area (Å²) in [5, 5.41) is 12.9. The lowest BCUT2D eigenvalue weighted by molar-refractivity contribution is 0.196. The number of hydrogen-bond donors (Lipinski definition) is 1. The molecule has 1 aromatic heterocycles. The van der Waals surface area contributed by atoms with Crippen molar-refractivity contribution < 1.29 is 4.74 Å². The standard InChI is InChI=1S/C15H20N4OS/c1-16-9-14-17-18-15(21-14)20-13-7-8-19(11-13)10-12-5-3-2-4-6-12/h2-6,13,16H,7-11H2,1H3. The number of ether oxygens (including phenoxy) is 1. The highest BCUT2D eigenvalue weighted by Crippen LogP contribution is 2.23. The van der Waals surface area contributed by atoms with Gasteiger partial charge in [0, 0.05) is 26.2 Å². The second kappa shape index (κ2) is 6.98. The molecule has 1 aliphatic heterocycles. The molecule has 1 saturated heterocycles. The first-order valence-corrected chi connectivity index (χ1v) is 8.05. The molecule has 3 rings (SSSR count). The largest absolute Gasteiger partial charge is 0.464 e. The molecule has 2 aromatic rings. The Hall–Kier alpha value is -1.50. The number of aromatic nitrogens is 2. The Bertz CT molecular complexity index is 560. The summed E-state index contributed by atoms with van der Waals surface area (Å²) in [7, 11) is 1.90. The fourth-order valence-electron chi connectivity index (χ4n) is 2.53. The number of nitrogens with zero attached hydrogens (tertiary/aromatic N) is 3. The van der Waals surface area contributed by atoms with Crippen molar-refractivity contribution in [2.24, 2.45) is 0 Å². The quantitative estimate of drug-likeness (QED) is 0.883. The number of benzene rings is 1. The monoisotopic (exact) mass is 304 g/mol. The van der Waals surface area contributed by atoms with Gasteiger partial charge < -0.3 is 10.1 Å². The highest BCUT2D eigenvalue weighted by Gasteiger charge is 2.25. The fraction of sp³-hybridized carbons (Fsp3) is 0.467. The van der Waals surface area contributed by atoms with Crippen LogP contribution in [0.3, 0.4) is 0 Å². The number of nitrogens with one attached hydrogen (secondary N) is 1. The molecule has 1 aromatic carbocycles. The van der Waals surface area contributed by atoms with Crippen LogP contribution in [0.1, 0.15) is 17.0 Å². The molecule has 1 N–H and O–H groups in total. The van der Waals surface area contributed by atoms with Gasteiger partial charge in [0.1, 0.15) is 11.1 Å². The van der Waals surface area contributed by atoms with Crippen molar-refractivity contribution in [3.05, 3.63) is 40.9 Å². The maximum atomic E-state index is 5.95. The Morgan fingerprint density at radius 2 is 2.19 bits per heavy atom. The van der Waals surface area contributed by atoms with E-state index < -0.39 is 0 Å². The first kappa shape index (κ1) is 14.4. The van der Waals surface area contributed by atoms with E-state index in [0.29, 0.717) is 5.19 Å². The van der Waals surface area contributed by atoms with Crippen LogP contribution >= 0.6 is 11.3 Å². The minimum atomic E-state index is 0.226. The maximum Gasteiger partial charge on any atom is 0.294 e. The van der Waals surface area contributed by atoms with Gasteiger partial charge in [0.25, 0.3) is 5.19 Å². The third-order valence-corrected chi connectivity index (χ3v) is 4.34. The summed E-state index contributed by atoms with van der Waals surface area (Å²) in [6, 6.07) is 10.6. The molecule has 0 radical (unpaired) electrons. The van der Waals surface area contributed by atoms with Crippen LogP contribution in [-0.2, 0) is 13.1 Å². The average Bonchev–Trinajstić information content (AvgIpc) is 3.11. The Kier molecular flexibility index (Phi) is 4.80. The topological polar surface area (TPSA) is 50.3 Å². The summed E-state index contributed by atoms with van der Waals surface area (Å²) in [6.45, 7) is 3.76. The molecule has 0 saturated carbocycles. The number of hydrogen-bond acceptors (Lipinski definition) is 6. The Labute approximate surface area is 129 Å². The van der Waals surface area contributed by atoms with E-state index in [4.69, 9.17) is 4.74 Å². The van der Waals surface area contributed by atoms with E-state index in [9.17, 15) is 0 Å². The summed E-state index contributed by atoms with van der Waals surface area (Å²) >= 11 is 1.52. The molecule has 2 heterocycles. The average molecular weight is 304 g/mol. The van der Waals surface area contributed by atoms with Crippen LogP contribution in [0.25, 0.3) is 0 Å². The van der Waals surface area contributed by atoms with Gasteiger partial charge in [-0.05, 0) is 19.0 Å². The number of rotatable bonds is 6. The van der Waals surface area contributed by atoms with Gasteiger partial charge in [-0.3, -0.25) is 4.90 Å². The van der Waals surface area contributed by atoms with Crippen molar-refractivity contribution in [2.75, 3.05) is 20.1 Å². The van der Waals surface area contributed by atoms with Gasteiger partial charge in [-0.15, -0.1) is 5.10 Å². The van der Waals surface area contributed by atoms with Crippen LogP contribution < -0.4 is 10.1 Å². The van der Waals surface area contributed by atoms with E-state index in [-0.39, 0.29) is 6.10 Å². The predicted molar refractivity (Wildman–Crippen MR) is 83.4 cm³/mol. The van der Waals surface area contributed by atoms with Crippen molar-refractivity contribution in [2.45, 2.75) is 25.6 Å². The molecule has 21 heavy (non-hydrogen) atoms. The zero-order valence-electron chi connectivity index (χ0n) is 12.2. The fourth-order valence-corrected chi connectivity index (χ4v) is 3.30. The van der Waals surface area contributed by atoms with E-state index in [1.165, 1.54) is 16.9 Å². The molecule has 1 atom stereocenters. The lowest BCUT2D eigenvalue weighted by atomic mass is 10.2. The highest BCUT2D eigenvalue weighted by atomic mass is 32.1. The lowest BCUT2D eigenvalue weighted by Gasteiger charge is -2.15. The minimum absolute atomic E-state index is 0.226. The van der Waals surface area contributed by atoms with Crippen LogP contribution in [0.5, 0.6) is 5.19 Å². The van der Waals surface area contributed by atoms with Crippen molar-refractivity contribution in [1.82, 2.24) is 20.4 Å². The zero-order chi connectivity index (χ0) is 14.5. The molecule has 5 nitrogen and oxygen atoms in total. The molecule has 112 valence electrons. The van der Waals surface area contributed by atoms with E-state index in [1.54, 1.807) is 0 Å². The third kappa shape index (κ3) is 4.00. The van der Waals surface area contributed by atoms with Gasteiger partial charge in [0.15, 0.2) is 0 Å². The van der Waals surface area contributed by atoms with Crippen LogP contribution in [0.15, 0.2) is 30.3 Å². The van der Waals surface area contributed by atoms with E-state index in [0.717, 1.165) is 37.6 Å². The van der Waals surface area contributed by atoms with Gasteiger partial charge in [0.05, 0.1) is 0 Å². The first-order chi connectivity index (χ1) is 10.3. The molecule has 6 heteroatoms. The Balaban J connectivity index is 1.50. The molecule has 0 bridgehead atoms. The molecule has 0 amide bonds. The second-order valence-corrected chi connectivity index (χ2v) is 6.27. The molecule has 1 aliphatic rings. The van der Waals surface area contributed by atoms with Gasteiger partial charge in [-0.2, -0.15) is 0 Å². The van der Waals surface area contributed by atoms with Crippen LogP contribution in [-0.4, -0.2) is 41.3 Å². The summed E-state index contributed by atoms with van der Waals surface area (Å²) in [5.41, 5.74) is 1.35. The molecule has 1 fully saturated rings. The van der Waals surface area contributed by atoms with Crippen molar-refractivity contribution in [3.63, 3.8) is 0 Å². The minimum Gasteiger partial charge on any atom is -0.464 e. The lowest BCUT2D eigenvalue weighted by Crippen LogP contribution is -2.24. The van der Waals surface area contributed by atoms with Crippen LogP contribution in [0, 0.1) is 0 Å². The Morgan fingerprint density at radius 3 is 3.00 bits per heavy atom. The van der Waals surface area contributed by atoms with Gasteiger partial charge in [0.2, 0.25) is 0 Å². The number of likely N-dealkylation sites (tertiary alicyclic amines) is 1.